The molecule has 1 aliphatic carbocycles. The van der Waals surface area contributed by atoms with Crippen molar-refractivity contribution >= 4 is 11.7 Å². The van der Waals surface area contributed by atoms with E-state index in [1.165, 1.54) is 0 Å². The molecule has 0 spiro atoms. The number of hydrogen-bond acceptors (Lipinski definition) is 3. The van der Waals surface area contributed by atoms with Gasteiger partial charge in [-0.3, -0.25) is 9.59 Å². The molecular formula is C15H19NO3. The first-order valence-electron chi connectivity index (χ1n) is 6.66. The SMILES string of the molecule is CCC(=O)N[C@@H]1CCCc2cc(OC)ccc2C1=O. The van der Waals surface area contributed by atoms with Crippen molar-refractivity contribution < 1.29 is 14.3 Å². The van der Waals surface area contributed by atoms with E-state index in [0.29, 0.717) is 18.4 Å². The van der Waals surface area contributed by atoms with Gasteiger partial charge < -0.3 is 10.1 Å². The third-order valence-corrected chi connectivity index (χ3v) is 3.49. The normalized spacial score (nSPS) is 18.4. The average molecular weight is 261 g/mol. The standard InChI is InChI=1S/C15H19NO3/c1-3-14(17)16-13-6-4-5-10-9-11(19-2)7-8-12(10)15(13)18/h7-9,13H,3-6H2,1-2H3,(H,16,17)/t13-/m1/s1. The van der Waals surface area contributed by atoms with Crippen LogP contribution in [0.5, 0.6) is 5.75 Å². The van der Waals surface area contributed by atoms with Crippen LogP contribution in [-0.2, 0) is 11.2 Å². The zero-order valence-electron chi connectivity index (χ0n) is 11.4. The molecular weight excluding hydrogens is 242 g/mol. The zero-order chi connectivity index (χ0) is 13.8. The van der Waals surface area contributed by atoms with E-state index in [0.717, 1.165) is 24.2 Å². The van der Waals surface area contributed by atoms with Gasteiger partial charge in [0.1, 0.15) is 5.75 Å². The lowest BCUT2D eigenvalue weighted by Crippen LogP contribution is -2.40. The predicted octanol–water partition coefficient (Wildman–Crippen LogP) is 2.11. The quantitative estimate of drug-likeness (QED) is 0.848. The molecule has 1 aromatic rings. The summed E-state index contributed by atoms with van der Waals surface area (Å²) in [5, 5.41) is 2.81. The minimum Gasteiger partial charge on any atom is -0.497 e. The number of ether oxygens (including phenoxy) is 1. The second kappa shape index (κ2) is 5.87. The molecule has 19 heavy (non-hydrogen) atoms. The van der Waals surface area contributed by atoms with Crippen LogP contribution in [0.3, 0.4) is 0 Å². The summed E-state index contributed by atoms with van der Waals surface area (Å²) in [6.45, 7) is 1.79. The molecule has 1 aromatic carbocycles. The van der Waals surface area contributed by atoms with Crippen LogP contribution in [0.4, 0.5) is 0 Å². The lowest BCUT2D eigenvalue weighted by Gasteiger charge is -2.15. The van der Waals surface area contributed by atoms with Gasteiger partial charge in [-0.15, -0.1) is 0 Å². The minimum atomic E-state index is -0.387. The number of aryl methyl sites for hydroxylation is 1. The van der Waals surface area contributed by atoms with Gasteiger partial charge in [0.15, 0.2) is 5.78 Å². The topological polar surface area (TPSA) is 55.4 Å². The van der Waals surface area contributed by atoms with Crippen LogP contribution in [0.2, 0.25) is 0 Å². The number of nitrogens with one attached hydrogen (secondary N) is 1. The fourth-order valence-corrected chi connectivity index (χ4v) is 2.39. The molecule has 0 saturated carbocycles. The number of hydrogen-bond donors (Lipinski definition) is 1. The number of carbonyl (C=O) groups excluding carboxylic acids is 2. The van der Waals surface area contributed by atoms with Crippen LogP contribution in [0.15, 0.2) is 18.2 Å². The van der Waals surface area contributed by atoms with Crippen molar-refractivity contribution in [3.8, 4) is 5.75 Å². The summed E-state index contributed by atoms with van der Waals surface area (Å²) in [7, 11) is 1.62. The highest BCUT2D eigenvalue weighted by Gasteiger charge is 2.26. The van der Waals surface area contributed by atoms with Crippen molar-refractivity contribution in [1.29, 1.82) is 0 Å². The molecule has 0 heterocycles. The van der Waals surface area contributed by atoms with E-state index in [2.05, 4.69) is 5.32 Å². The molecule has 0 bridgehead atoms. The third-order valence-electron chi connectivity index (χ3n) is 3.49. The Morgan fingerprint density at radius 2 is 2.26 bits per heavy atom. The highest BCUT2D eigenvalue weighted by Crippen LogP contribution is 2.25. The van der Waals surface area contributed by atoms with Crippen LogP contribution in [0, 0.1) is 0 Å². The molecule has 4 nitrogen and oxygen atoms in total. The van der Waals surface area contributed by atoms with Crippen LogP contribution in [-0.4, -0.2) is 24.8 Å². The Morgan fingerprint density at radius 3 is 2.95 bits per heavy atom. The number of amides is 1. The molecule has 0 saturated heterocycles. The summed E-state index contributed by atoms with van der Waals surface area (Å²) in [6.07, 6.45) is 2.83. The largest absolute Gasteiger partial charge is 0.497 e. The van der Waals surface area contributed by atoms with Crippen molar-refractivity contribution in [2.24, 2.45) is 0 Å². The first-order valence-corrected chi connectivity index (χ1v) is 6.66. The molecule has 2 rings (SSSR count). The molecule has 0 fully saturated rings. The van der Waals surface area contributed by atoms with Crippen molar-refractivity contribution in [3.05, 3.63) is 29.3 Å². The summed E-state index contributed by atoms with van der Waals surface area (Å²) in [5.74, 6) is 0.704. The average Bonchev–Trinajstić information content (AvgIpc) is 2.58. The third kappa shape index (κ3) is 2.95. The Balaban J connectivity index is 2.26. The molecule has 1 aliphatic rings. The van der Waals surface area contributed by atoms with E-state index in [4.69, 9.17) is 4.74 Å². The van der Waals surface area contributed by atoms with Crippen LogP contribution < -0.4 is 10.1 Å². The first-order chi connectivity index (χ1) is 9.15. The van der Waals surface area contributed by atoms with Gasteiger partial charge in [-0.1, -0.05) is 6.92 Å². The number of carbonyl (C=O) groups is 2. The summed E-state index contributed by atoms with van der Waals surface area (Å²) in [6, 6.07) is 5.12. The van der Waals surface area contributed by atoms with Gasteiger partial charge in [0.2, 0.25) is 5.91 Å². The van der Waals surface area contributed by atoms with E-state index < -0.39 is 0 Å². The summed E-state index contributed by atoms with van der Waals surface area (Å²) >= 11 is 0. The Hall–Kier alpha value is -1.84. The molecule has 0 aliphatic heterocycles. The zero-order valence-corrected chi connectivity index (χ0v) is 11.4. The number of methoxy groups -OCH3 is 1. The van der Waals surface area contributed by atoms with Crippen LogP contribution >= 0.6 is 0 Å². The molecule has 0 unspecified atom stereocenters. The summed E-state index contributed by atoms with van der Waals surface area (Å²) in [4.78, 5) is 23.9. The second-order valence-electron chi connectivity index (χ2n) is 4.75. The summed E-state index contributed by atoms with van der Waals surface area (Å²) in [5.41, 5.74) is 1.72. The fraction of sp³-hybridized carbons (Fsp3) is 0.467. The molecule has 1 atom stereocenters. The van der Waals surface area contributed by atoms with E-state index >= 15 is 0 Å². The molecule has 0 aromatic heterocycles. The van der Waals surface area contributed by atoms with Crippen LogP contribution in [0.25, 0.3) is 0 Å². The van der Waals surface area contributed by atoms with Crippen molar-refractivity contribution in [3.63, 3.8) is 0 Å². The van der Waals surface area contributed by atoms with Crippen LogP contribution in [0.1, 0.15) is 42.1 Å². The van der Waals surface area contributed by atoms with E-state index in [-0.39, 0.29) is 17.7 Å². The van der Waals surface area contributed by atoms with Crippen molar-refractivity contribution in [2.75, 3.05) is 7.11 Å². The monoisotopic (exact) mass is 261 g/mol. The molecule has 1 N–H and O–H groups in total. The van der Waals surface area contributed by atoms with Crippen molar-refractivity contribution in [1.82, 2.24) is 5.32 Å². The highest BCUT2D eigenvalue weighted by molar-refractivity contribution is 6.03. The number of rotatable bonds is 3. The number of benzene rings is 1. The second-order valence-corrected chi connectivity index (χ2v) is 4.75. The molecule has 4 heteroatoms. The lowest BCUT2D eigenvalue weighted by atomic mass is 10.00. The fourth-order valence-electron chi connectivity index (χ4n) is 2.39. The van der Waals surface area contributed by atoms with Gasteiger partial charge in [-0.25, -0.2) is 0 Å². The van der Waals surface area contributed by atoms with E-state index in [9.17, 15) is 9.59 Å². The number of fused-ring (bicyclic) bond motifs is 1. The molecule has 0 radical (unpaired) electrons. The minimum absolute atomic E-state index is 0.0111. The highest BCUT2D eigenvalue weighted by atomic mass is 16.5. The smallest absolute Gasteiger partial charge is 0.220 e. The predicted molar refractivity (Wildman–Crippen MR) is 72.5 cm³/mol. The lowest BCUT2D eigenvalue weighted by molar-refractivity contribution is -0.121. The van der Waals surface area contributed by atoms with Gasteiger partial charge in [0.25, 0.3) is 0 Å². The van der Waals surface area contributed by atoms with Gasteiger partial charge in [0.05, 0.1) is 13.2 Å². The number of ketones is 1. The molecule has 1 amide bonds. The molecule has 102 valence electrons. The van der Waals surface area contributed by atoms with Crippen molar-refractivity contribution in [2.45, 2.75) is 38.6 Å². The van der Waals surface area contributed by atoms with E-state index in [1.807, 2.05) is 6.07 Å². The van der Waals surface area contributed by atoms with Gasteiger partial charge in [-0.05, 0) is 43.0 Å². The maximum atomic E-state index is 12.4. The van der Waals surface area contributed by atoms with Gasteiger partial charge in [-0.2, -0.15) is 0 Å². The maximum Gasteiger partial charge on any atom is 0.220 e. The Morgan fingerprint density at radius 1 is 1.47 bits per heavy atom. The van der Waals surface area contributed by atoms with Gasteiger partial charge >= 0.3 is 0 Å². The Kier molecular flexibility index (Phi) is 4.20. The maximum absolute atomic E-state index is 12.4. The Labute approximate surface area is 113 Å². The Bertz CT molecular complexity index is 496. The van der Waals surface area contributed by atoms with Gasteiger partial charge in [0, 0.05) is 12.0 Å². The summed E-state index contributed by atoms with van der Waals surface area (Å²) < 4.78 is 5.18. The number of Topliss-reactive ketones (excluding diaryl/α,β-unsaturated/α-hetero) is 1. The first kappa shape index (κ1) is 13.6. The van der Waals surface area contributed by atoms with E-state index in [1.54, 1.807) is 26.2 Å².